The predicted molar refractivity (Wildman–Crippen MR) is 120 cm³/mol. The van der Waals surface area contributed by atoms with Crippen LogP contribution in [0, 0.1) is 0 Å². The summed E-state index contributed by atoms with van der Waals surface area (Å²) in [5.41, 5.74) is 0.337. The molecule has 12 heteroatoms. The number of para-hydroxylation sites is 1. The molecule has 0 saturated carbocycles. The SMILES string of the molecule is CNS(=O)(=O)c1cc(C(=O)OCC(=O)N(c2ccccc2)[C@H]2C=CS(=O)(=O)C2)ccc1OC. The van der Waals surface area contributed by atoms with Crippen molar-refractivity contribution in [3.05, 3.63) is 65.6 Å². The third kappa shape index (κ3) is 5.59. The molecule has 2 aromatic rings. The summed E-state index contributed by atoms with van der Waals surface area (Å²) in [6.07, 6.45) is 1.40. The predicted octanol–water partition coefficient (Wildman–Crippen LogP) is 1.10. The van der Waals surface area contributed by atoms with Gasteiger partial charge in [0.1, 0.15) is 10.6 Å². The van der Waals surface area contributed by atoms with Gasteiger partial charge in [-0.3, -0.25) is 4.79 Å². The van der Waals surface area contributed by atoms with Crippen LogP contribution < -0.4 is 14.4 Å². The lowest BCUT2D eigenvalue weighted by Gasteiger charge is -2.27. The zero-order chi connectivity index (χ0) is 24.2. The van der Waals surface area contributed by atoms with Gasteiger partial charge in [0.2, 0.25) is 10.0 Å². The van der Waals surface area contributed by atoms with E-state index in [2.05, 4.69) is 4.72 Å². The van der Waals surface area contributed by atoms with Gasteiger partial charge in [-0.25, -0.2) is 26.4 Å². The molecule has 176 valence electrons. The molecule has 33 heavy (non-hydrogen) atoms. The van der Waals surface area contributed by atoms with Crippen molar-refractivity contribution >= 4 is 37.4 Å². The molecule has 3 rings (SSSR count). The number of sulfone groups is 1. The van der Waals surface area contributed by atoms with Crippen LogP contribution >= 0.6 is 0 Å². The first-order chi connectivity index (χ1) is 15.6. The summed E-state index contributed by atoms with van der Waals surface area (Å²) >= 11 is 0. The van der Waals surface area contributed by atoms with Gasteiger partial charge >= 0.3 is 5.97 Å². The molecule has 0 aliphatic carbocycles. The molecular formula is C21H22N2O8S2. The van der Waals surface area contributed by atoms with Gasteiger partial charge in [0.15, 0.2) is 16.4 Å². The minimum absolute atomic E-state index is 0.0291. The van der Waals surface area contributed by atoms with E-state index in [-0.39, 0.29) is 22.0 Å². The molecule has 0 spiro atoms. The first kappa shape index (κ1) is 24.4. The number of carbonyl (C=O) groups excluding carboxylic acids is 2. The van der Waals surface area contributed by atoms with Crippen LogP contribution in [-0.4, -0.2) is 61.3 Å². The van der Waals surface area contributed by atoms with Gasteiger partial charge in [0.25, 0.3) is 5.91 Å². The van der Waals surface area contributed by atoms with E-state index in [9.17, 15) is 26.4 Å². The van der Waals surface area contributed by atoms with Crippen molar-refractivity contribution in [1.29, 1.82) is 0 Å². The number of benzene rings is 2. The fraction of sp³-hybridized carbons (Fsp3) is 0.238. The maximum atomic E-state index is 12.9. The summed E-state index contributed by atoms with van der Waals surface area (Å²) < 4.78 is 60.4. The highest BCUT2D eigenvalue weighted by Gasteiger charge is 2.32. The summed E-state index contributed by atoms with van der Waals surface area (Å²) in [6.45, 7) is -0.682. The number of rotatable bonds is 8. The Balaban J connectivity index is 1.80. The molecule has 0 bridgehead atoms. The molecule has 1 aliphatic rings. The number of nitrogens with zero attached hydrogens (tertiary/aromatic N) is 1. The van der Waals surface area contributed by atoms with E-state index in [1.165, 1.54) is 37.3 Å². The van der Waals surface area contributed by atoms with Gasteiger partial charge in [0, 0.05) is 11.1 Å². The lowest BCUT2D eigenvalue weighted by Crippen LogP contribution is -2.43. The molecular weight excluding hydrogens is 472 g/mol. The van der Waals surface area contributed by atoms with Gasteiger partial charge in [-0.1, -0.05) is 18.2 Å². The van der Waals surface area contributed by atoms with E-state index in [0.29, 0.717) is 5.69 Å². The fourth-order valence-electron chi connectivity index (χ4n) is 3.23. The highest BCUT2D eigenvalue weighted by molar-refractivity contribution is 7.94. The van der Waals surface area contributed by atoms with Crippen molar-refractivity contribution in [3.63, 3.8) is 0 Å². The van der Waals surface area contributed by atoms with E-state index in [0.717, 1.165) is 11.5 Å². The maximum absolute atomic E-state index is 12.9. The first-order valence-corrected chi connectivity index (χ1v) is 12.8. The number of anilines is 1. The van der Waals surface area contributed by atoms with Gasteiger partial charge in [0.05, 0.1) is 24.5 Å². The van der Waals surface area contributed by atoms with Crippen LogP contribution in [0.2, 0.25) is 0 Å². The summed E-state index contributed by atoms with van der Waals surface area (Å²) in [4.78, 5) is 26.5. The standard InChI is InChI=1S/C21H22N2O8S2/c1-22-33(28,29)19-12-15(8-9-18(19)30-2)21(25)31-13-20(24)23(16-6-4-3-5-7-16)17-10-11-32(26,27)14-17/h3-12,17,22H,13-14H2,1-2H3/t17-/m0/s1. The second kappa shape index (κ2) is 9.73. The monoisotopic (exact) mass is 494 g/mol. The summed E-state index contributed by atoms with van der Waals surface area (Å²) in [6, 6.07) is 11.3. The Labute approximate surface area is 191 Å². The lowest BCUT2D eigenvalue weighted by atomic mass is 10.2. The Morgan fingerprint density at radius 2 is 1.85 bits per heavy atom. The van der Waals surface area contributed by atoms with Crippen LogP contribution in [0.1, 0.15) is 10.4 Å². The fourth-order valence-corrected chi connectivity index (χ4v) is 5.42. The molecule has 1 N–H and O–H groups in total. The number of methoxy groups -OCH3 is 1. The molecule has 0 unspecified atom stereocenters. The number of sulfonamides is 1. The van der Waals surface area contributed by atoms with Crippen LogP contribution in [0.15, 0.2) is 64.9 Å². The van der Waals surface area contributed by atoms with E-state index >= 15 is 0 Å². The third-order valence-corrected chi connectivity index (χ3v) is 7.64. The number of amides is 1. The second-order valence-corrected chi connectivity index (χ2v) is 10.8. The number of hydrogen-bond donors (Lipinski definition) is 1. The highest BCUT2D eigenvalue weighted by atomic mass is 32.2. The lowest BCUT2D eigenvalue weighted by molar-refractivity contribution is -0.121. The number of hydrogen-bond acceptors (Lipinski definition) is 8. The number of nitrogens with one attached hydrogen (secondary N) is 1. The Morgan fingerprint density at radius 3 is 2.42 bits per heavy atom. The van der Waals surface area contributed by atoms with Crippen molar-refractivity contribution in [2.75, 3.05) is 31.4 Å². The molecule has 1 heterocycles. The molecule has 2 aromatic carbocycles. The van der Waals surface area contributed by atoms with Crippen molar-refractivity contribution < 1.29 is 35.9 Å². The normalized spacial score (nSPS) is 16.8. The van der Waals surface area contributed by atoms with Crippen LogP contribution in [0.5, 0.6) is 5.75 Å². The van der Waals surface area contributed by atoms with E-state index in [1.807, 2.05) is 0 Å². The highest BCUT2D eigenvalue weighted by Crippen LogP contribution is 2.26. The number of carbonyl (C=O) groups is 2. The molecule has 0 saturated heterocycles. The van der Waals surface area contributed by atoms with Gasteiger partial charge < -0.3 is 14.4 Å². The van der Waals surface area contributed by atoms with E-state index < -0.39 is 44.4 Å². The van der Waals surface area contributed by atoms with Gasteiger partial charge in [-0.05, 0) is 43.5 Å². The largest absolute Gasteiger partial charge is 0.495 e. The Morgan fingerprint density at radius 1 is 1.15 bits per heavy atom. The minimum Gasteiger partial charge on any atom is -0.495 e. The molecule has 0 aromatic heterocycles. The van der Waals surface area contributed by atoms with Crippen LogP contribution in [0.3, 0.4) is 0 Å². The number of esters is 1. The Hall–Kier alpha value is -3.22. The minimum atomic E-state index is -3.92. The topological polar surface area (TPSA) is 136 Å². The molecule has 1 amide bonds. The smallest absolute Gasteiger partial charge is 0.338 e. The zero-order valence-corrected chi connectivity index (χ0v) is 19.4. The molecule has 1 atom stereocenters. The van der Waals surface area contributed by atoms with Crippen molar-refractivity contribution in [2.45, 2.75) is 10.9 Å². The Bertz CT molecular complexity index is 1290. The quantitative estimate of drug-likeness (QED) is 0.539. The van der Waals surface area contributed by atoms with Crippen molar-refractivity contribution in [3.8, 4) is 5.75 Å². The van der Waals surface area contributed by atoms with Gasteiger partial charge in [-0.15, -0.1) is 0 Å². The summed E-state index contributed by atoms with van der Waals surface area (Å²) in [5, 5.41) is 1.05. The molecule has 10 nitrogen and oxygen atoms in total. The summed E-state index contributed by atoms with van der Waals surface area (Å²) in [7, 11) is -4.86. The van der Waals surface area contributed by atoms with E-state index in [1.54, 1.807) is 30.3 Å². The van der Waals surface area contributed by atoms with E-state index in [4.69, 9.17) is 9.47 Å². The van der Waals surface area contributed by atoms with Crippen molar-refractivity contribution in [1.82, 2.24) is 4.72 Å². The van der Waals surface area contributed by atoms with Crippen LogP contribution in [0.25, 0.3) is 0 Å². The van der Waals surface area contributed by atoms with Crippen LogP contribution in [-0.2, 0) is 29.4 Å². The van der Waals surface area contributed by atoms with Crippen molar-refractivity contribution in [2.24, 2.45) is 0 Å². The number of ether oxygens (including phenoxy) is 2. The average molecular weight is 495 g/mol. The third-order valence-electron chi connectivity index (χ3n) is 4.83. The maximum Gasteiger partial charge on any atom is 0.338 e. The van der Waals surface area contributed by atoms with Gasteiger partial charge in [-0.2, -0.15) is 0 Å². The van der Waals surface area contributed by atoms with Crippen LogP contribution in [0.4, 0.5) is 5.69 Å². The summed E-state index contributed by atoms with van der Waals surface area (Å²) in [5.74, 6) is -1.83. The molecule has 1 aliphatic heterocycles. The first-order valence-electron chi connectivity index (χ1n) is 9.65. The molecule has 0 fully saturated rings. The molecule has 0 radical (unpaired) electrons. The second-order valence-electron chi connectivity index (χ2n) is 6.97. The Kier molecular flexibility index (Phi) is 7.20. The average Bonchev–Trinajstić information content (AvgIpc) is 3.16. The zero-order valence-electron chi connectivity index (χ0n) is 17.8.